The van der Waals surface area contributed by atoms with Crippen LogP contribution in [0.25, 0.3) is 0 Å². The van der Waals surface area contributed by atoms with E-state index >= 15 is 0 Å². The molecule has 0 aromatic heterocycles. The number of benzene rings is 1. The van der Waals surface area contributed by atoms with E-state index in [0.717, 1.165) is 16.5 Å². The number of likely N-dealkylation sites (tertiary alicyclic amines) is 1. The molecule has 0 bridgehead atoms. The molecule has 5 heteroatoms. The number of amides is 1. The third-order valence-electron chi connectivity index (χ3n) is 3.77. The fraction of sp³-hybridized carbons (Fsp3) is 0.500. The van der Waals surface area contributed by atoms with Crippen LogP contribution < -0.4 is 5.73 Å². The molecule has 1 heterocycles. The molecule has 1 fully saturated rings. The van der Waals surface area contributed by atoms with Crippen molar-refractivity contribution < 1.29 is 4.79 Å². The van der Waals surface area contributed by atoms with Gasteiger partial charge in [0.2, 0.25) is 0 Å². The molecule has 0 aliphatic carbocycles. The summed E-state index contributed by atoms with van der Waals surface area (Å²) < 4.78 is 0.901. The predicted octanol–water partition coefficient (Wildman–Crippen LogP) is 3.14. The highest BCUT2D eigenvalue weighted by Gasteiger charge is 2.35. The van der Waals surface area contributed by atoms with Crippen LogP contribution in [0.15, 0.2) is 18.2 Å². The number of hydrogen-bond acceptors (Lipinski definition) is 2. The minimum absolute atomic E-state index is 0.0342. The van der Waals surface area contributed by atoms with E-state index in [2.05, 4.69) is 36.4 Å². The van der Waals surface area contributed by atoms with Crippen LogP contribution in [0.2, 0.25) is 5.02 Å². The molecule has 1 aromatic carbocycles. The van der Waals surface area contributed by atoms with Crippen molar-refractivity contribution in [2.45, 2.75) is 26.3 Å². The number of rotatable bonds is 1. The Balaban J connectivity index is 2.18. The molecule has 1 unspecified atom stereocenters. The van der Waals surface area contributed by atoms with Crippen LogP contribution >= 0.6 is 34.2 Å². The molecule has 1 aromatic rings. The van der Waals surface area contributed by atoms with E-state index in [0.29, 0.717) is 17.1 Å². The topological polar surface area (TPSA) is 46.3 Å². The Morgan fingerprint density at radius 3 is 2.79 bits per heavy atom. The third-order valence-corrected chi connectivity index (χ3v) is 5.31. The van der Waals surface area contributed by atoms with Crippen molar-refractivity contribution in [3.63, 3.8) is 0 Å². The molecule has 3 nitrogen and oxygen atoms in total. The van der Waals surface area contributed by atoms with Gasteiger partial charge in [0.1, 0.15) is 0 Å². The maximum absolute atomic E-state index is 12.5. The highest BCUT2D eigenvalue weighted by molar-refractivity contribution is 14.1. The number of hydrogen-bond donors (Lipinski definition) is 1. The summed E-state index contributed by atoms with van der Waals surface area (Å²) in [7, 11) is 0. The number of carbonyl (C=O) groups excluding carboxylic acids is 1. The summed E-state index contributed by atoms with van der Waals surface area (Å²) in [5, 5.41) is 0.679. The lowest BCUT2D eigenvalue weighted by atomic mass is 9.79. The zero-order valence-corrected chi connectivity index (χ0v) is 14.0. The highest BCUT2D eigenvalue weighted by atomic mass is 127. The van der Waals surface area contributed by atoms with Gasteiger partial charge in [-0.05, 0) is 52.6 Å². The molecule has 1 atom stereocenters. The van der Waals surface area contributed by atoms with Gasteiger partial charge in [-0.25, -0.2) is 0 Å². The van der Waals surface area contributed by atoms with Crippen molar-refractivity contribution in [3.8, 4) is 0 Å². The maximum Gasteiger partial charge on any atom is 0.253 e. The summed E-state index contributed by atoms with van der Waals surface area (Å²) in [6, 6.07) is 5.56. The maximum atomic E-state index is 12.5. The number of piperidine rings is 1. The first-order valence-corrected chi connectivity index (χ1v) is 7.77. The van der Waals surface area contributed by atoms with Crippen LogP contribution in [0.1, 0.15) is 30.6 Å². The summed E-state index contributed by atoms with van der Waals surface area (Å²) in [5.41, 5.74) is 6.76. The summed E-state index contributed by atoms with van der Waals surface area (Å²) >= 11 is 8.13. The minimum atomic E-state index is -0.0342. The Labute approximate surface area is 132 Å². The Hall–Kier alpha value is -0.330. The number of carbonyl (C=O) groups is 1. The normalized spacial score (nSPS) is 22.4. The van der Waals surface area contributed by atoms with Crippen molar-refractivity contribution in [1.29, 1.82) is 0 Å². The van der Waals surface area contributed by atoms with Gasteiger partial charge in [-0.15, -0.1) is 0 Å². The SMILES string of the molecule is CC1(C)CN(C(=O)c2ccc(Cl)c(I)c2)CCC1N. The Morgan fingerprint density at radius 2 is 2.21 bits per heavy atom. The average molecular weight is 393 g/mol. The largest absolute Gasteiger partial charge is 0.338 e. The van der Waals surface area contributed by atoms with Gasteiger partial charge >= 0.3 is 0 Å². The van der Waals surface area contributed by atoms with Crippen molar-refractivity contribution >= 4 is 40.1 Å². The van der Waals surface area contributed by atoms with Crippen molar-refractivity contribution in [2.75, 3.05) is 13.1 Å². The molecule has 2 N–H and O–H groups in total. The van der Waals surface area contributed by atoms with Crippen LogP contribution in [-0.2, 0) is 0 Å². The third kappa shape index (κ3) is 3.23. The van der Waals surface area contributed by atoms with Gasteiger partial charge in [-0.3, -0.25) is 4.79 Å². The quantitative estimate of drug-likeness (QED) is 0.746. The number of nitrogens with two attached hydrogens (primary N) is 1. The summed E-state index contributed by atoms with van der Waals surface area (Å²) in [6.45, 7) is 5.65. The van der Waals surface area contributed by atoms with Gasteiger partial charge < -0.3 is 10.6 Å². The van der Waals surface area contributed by atoms with Gasteiger partial charge in [0.15, 0.2) is 0 Å². The first-order valence-electron chi connectivity index (χ1n) is 6.31. The zero-order valence-electron chi connectivity index (χ0n) is 11.1. The molecule has 1 amide bonds. The van der Waals surface area contributed by atoms with Crippen molar-refractivity contribution in [2.24, 2.45) is 11.1 Å². The smallest absolute Gasteiger partial charge is 0.253 e. The lowest BCUT2D eigenvalue weighted by Gasteiger charge is -2.42. The zero-order chi connectivity index (χ0) is 14.2. The molecular weight excluding hydrogens is 375 g/mol. The Kier molecular flexibility index (Phi) is 4.42. The van der Waals surface area contributed by atoms with Gasteiger partial charge in [0, 0.05) is 28.3 Å². The van der Waals surface area contributed by atoms with E-state index in [-0.39, 0.29) is 17.4 Å². The predicted molar refractivity (Wildman–Crippen MR) is 86.4 cm³/mol. The molecular formula is C14H18ClIN2O. The van der Waals surface area contributed by atoms with Crippen LogP contribution in [0.4, 0.5) is 0 Å². The van der Waals surface area contributed by atoms with Crippen LogP contribution in [0, 0.1) is 8.99 Å². The molecule has 104 valence electrons. The minimum Gasteiger partial charge on any atom is -0.338 e. The second-order valence-electron chi connectivity index (χ2n) is 5.74. The Morgan fingerprint density at radius 1 is 1.53 bits per heavy atom. The molecule has 1 aliphatic rings. The van der Waals surface area contributed by atoms with Crippen molar-refractivity contribution in [1.82, 2.24) is 4.90 Å². The van der Waals surface area contributed by atoms with E-state index < -0.39 is 0 Å². The molecule has 0 saturated carbocycles. The monoisotopic (exact) mass is 392 g/mol. The summed E-state index contributed by atoms with van der Waals surface area (Å²) in [6.07, 6.45) is 0.851. The van der Waals surface area contributed by atoms with E-state index in [9.17, 15) is 4.79 Å². The van der Waals surface area contributed by atoms with E-state index in [4.69, 9.17) is 17.3 Å². The molecule has 0 radical (unpaired) electrons. The van der Waals surface area contributed by atoms with Crippen LogP contribution in [-0.4, -0.2) is 29.9 Å². The number of halogens is 2. The Bertz CT molecular complexity index is 504. The second kappa shape index (κ2) is 5.58. The highest BCUT2D eigenvalue weighted by Crippen LogP contribution is 2.29. The van der Waals surface area contributed by atoms with Gasteiger partial charge in [0.05, 0.1) is 5.02 Å². The fourth-order valence-corrected chi connectivity index (χ4v) is 2.99. The van der Waals surface area contributed by atoms with Crippen LogP contribution in [0.3, 0.4) is 0 Å². The average Bonchev–Trinajstić information content (AvgIpc) is 2.35. The second-order valence-corrected chi connectivity index (χ2v) is 7.31. The van der Waals surface area contributed by atoms with E-state index in [1.54, 1.807) is 12.1 Å². The molecule has 0 spiro atoms. The van der Waals surface area contributed by atoms with Crippen LogP contribution in [0.5, 0.6) is 0 Å². The first kappa shape index (κ1) is 15.1. The van der Waals surface area contributed by atoms with E-state index in [1.165, 1.54) is 0 Å². The fourth-order valence-electron chi connectivity index (χ4n) is 2.36. The first-order chi connectivity index (χ1) is 8.81. The standard InChI is InChI=1S/C14H18ClIN2O/c1-14(2)8-18(6-5-12(14)17)13(19)9-3-4-10(15)11(16)7-9/h3-4,7,12H,5-6,8,17H2,1-2H3. The lowest BCUT2D eigenvalue weighted by Crippen LogP contribution is -2.54. The van der Waals surface area contributed by atoms with Crippen molar-refractivity contribution in [3.05, 3.63) is 32.4 Å². The van der Waals surface area contributed by atoms with E-state index in [1.807, 2.05) is 11.0 Å². The number of nitrogens with zero attached hydrogens (tertiary/aromatic N) is 1. The van der Waals surface area contributed by atoms with Gasteiger partial charge in [0.25, 0.3) is 5.91 Å². The molecule has 1 saturated heterocycles. The summed E-state index contributed by atoms with van der Waals surface area (Å²) in [4.78, 5) is 14.4. The molecule has 19 heavy (non-hydrogen) atoms. The molecule has 2 rings (SSSR count). The summed E-state index contributed by atoms with van der Waals surface area (Å²) in [5.74, 6) is 0.0644. The molecule has 1 aliphatic heterocycles. The van der Waals surface area contributed by atoms with Gasteiger partial charge in [-0.1, -0.05) is 25.4 Å². The van der Waals surface area contributed by atoms with Gasteiger partial charge in [-0.2, -0.15) is 0 Å². The lowest BCUT2D eigenvalue weighted by molar-refractivity contribution is 0.0533.